The number of amides is 1. The Labute approximate surface area is 173 Å². The number of benzene rings is 2. The summed E-state index contributed by atoms with van der Waals surface area (Å²) in [6.45, 7) is 5.76. The monoisotopic (exact) mass is 406 g/mol. The molecule has 1 amide bonds. The summed E-state index contributed by atoms with van der Waals surface area (Å²) in [6, 6.07) is 16.0. The molecule has 0 saturated carbocycles. The molecule has 2 atom stereocenters. The minimum Gasteiger partial charge on any atom is -0.325 e. The van der Waals surface area contributed by atoms with Gasteiger partial charge in [-0.05, 0) is 50.6 Å². The number of hydrogen-bond donors (Lipinski definition) is 1. The number of nitrogens with one attached hydrogen (secondary N) is 1. The fourth-order valence-electron chi connectivity index (χ4n) is 2.90. The molecule has 0 spiro atoms. The molecule has 29 heavy (non-hydrogen) atoms. The normalized spacial score (nSPS) is 12.9. The maximum Gasteiger partial charge on any atom is 0.262 e. The highest BCUT2D eigenvalue weighted by atomic mass is 32.2. The number of nitrogens with zero attached hydrogens (tertiary/aromatic N) is 3. The van der Waals surface area contributed by atoms with Crippen LogP contribution >= 0.6 is 11.8 Å². The number of thioether (sulfide) groups is 1. The molecular formula is C22H22N4O2S. The van der Waals surface area contributed by atoms with Crippen LogP contribution in [0.4, 0.5) is 5.69 Å². The lowest BCUT2D eigenvalue weighted by atomic mass is 10.2. The van der Waals surface area contributed by atoms with E-state index in [0.29, 0.717) is 27.3 Å². The first-order chi connectivity index (χ1) is 13.9. The Bertz CT molecular complexity index is 1150. The van der Waals surface area contributed by atoms with Crippen LogP contribution in [0, 0.1) is 11.3 Å². The molecule has 7 heteroatoms. The van der Waals surface area contributed by atoms with Crippen LogP contribution in [0.2, 0.25) is 0 Å². The topological polar surface area (TPSA) is 87.8 Å². The minimum absolute atomic E-state index is 0.0373. The number of rotatable bonds is 6. The molecule has 0 aliphatic carbocycles. The van der Waals surface area contributed by atoms with Crippen molar-refractivity contribution in [2.24, 2.45) is 0 Å². The highest BCUT2D eigenvalue weighted by molar-refractivity contribution is 8.00. The van der Waals surface area contributed by atoms with E-state index in [2.05, 4.69) is 16.4 Å². The van der Waals surface area contributed by atoms with Gasteiger partial charge < -0.3 is 5.32 Å². The molecule has 148 valence electrons. The molecule has 1 heterocycles. The zero-order valence-electron chi connectivity index (χ0n) is 16.5. The summed E-state index contributed by atoms with van der Waals surface area (Å²) in [5.74, 6) is -0.219. The summed E-state index contributed by atoms with van der Waals surface area (Å²) in [5, 5.41) is 12.5. The number of anilines is 1. The van der Waals surface area contributed by atoms with Gasteiger partial charge in [-0.1, -0.05) is 36.9 Å². The maximum absolute atomic E-state index is 13.0. The van der Waals surface area contributed by atoms with Crippen molar-refractivity contribution >= 4 is 34.3 Å². The zero-order chi connectivity index (χ0) is 21.0. The summed E-state index contributed by atoms with van der Waals surface area (Å²) < 4.78 is 1.67. The summed E-state index contributed by atoms with van der Waals surface area (Å²) in [4.78, 5) is 30.4. The molecule has 0 bridgehead atoms. The van der Waals surface area contributed by atoms with Crippen LogP contribution in [-0.4, -0.2) is 20.7 Å². The number of carbonyl (C=O) groups excluding carboxylic acids is 1. The number of para-hydroxylation sites is 1. The Hall–Kier alpha value is -3.11. The van der Waals surface area contributed by atoms with E-state index < -0.39 is 5.25 Å². The predicted octanol–water partition coefficient (Wildman–Crippen LogP) is 4.36. The number of carbonyl (C=O) groups is 1. The van der Waals surface area contributed by atoms with Gasteiger partial charge in [0.15, 0.2) is 5.16 Å². The van der Waals surface area contributed by atoms with E-state index in [4.69, 9.17) is 5.26 Å². The van der Waals surface area contributed by atoms with Crippen molar-refractivity contribution in [3.63, 3.8) is 0 Å². The average Bonchev–Trinajstić information content (AvgIpc) is 2.73. The van der Waals surface area contributed by atoms with Crippen LogP contribution < -0.4 is 10.9 Å². The fourth-order valence-corrected chi connectivity index (χ4v) is 3.91. The van der Waals surface area contributed by atoms with Crippen molar-refractivity contribution in [3.8, 4) is 6.07 Å². The molecule has 0 aliphatic heterocycles. The second-order valence-electron chi connectivity index (χ2n) is 6.79. The minimum atomic E-state index is -0.482. The van der Waals surface area contributed by atoms with Gasteiger partial charge in [0.2, 0.25) is 5.91 Å². The molecule has 0 radical (unpaired) electrons. The highest BCUT2D eigenvalue weighted by Crippen LogP contribution is 2.26. The summed E-state index contributed by atoms with van der Waals surface area (Å²) in [6.07, 6.45) is 0.773. The summed E-state index contributed by atoms with van der Waals surface area (Å²) in [7, 11) is 0. The Kier molecular flexibility index (Phi) is 6.35. The van der Waals surface area contributed by atoms with Crippen molar-refractivity contribution in [2.75, 3.05) is 5.32 Å². The fraction of sp³-hybridized carbons (Fsp3) is 0.273. The lowest BCUT2D eigenvalue weighted by molar-refractivity contribution is -0.115. The predicted molar refractivity (Wildman–Crippen MR) is 116 cm³/mol. The smallest absolute Gasteiger partial charge is 0.262 e. The van der Waals surface area contributed by atoms with Crippen molar-refractivity contribution in [3.05, 3.63) is 64.4 Å². The van der Waals surface area contributed by atoms with Crippen LogP contribution in [0.5, 0.6) is 0 Å². The lowest BCUT2D eigenvalue weighted by Gasteiger charge is -2.20. The van der Waals surface area contributed by atoms with Gasteiger partial charge in [-0.2, -0.15) is 5.26 Å². The molecule has 3 rings (SSSR count). The molecule has 0 unspecified atom stereocenters. The van der Waals surface area contributed by atoms with E-state index >= 15 is 0 Å². The quantitative estimate of drug-likeness (QED) is 0.485. The maximum atomic E-state index is 13.0. The van der Waals surface area contributed by atoms with E-state index in [1.165, 1.54) is 11.8 Å². The molecule has 0 fully saturated rings. The Morgan fingerprint density at radius 3 is 2.72 bits per heavy atom. The van der Waals surface area contributed by atoms with Crippen LogP contribution in [-0.2, 0) is 4.79 Å². The first kappa shape index (κ1) is 20.6. The van der Waals surface area contributed by atoms with Gasteiger partial charge in [0, 0.05) is 11.7 Å². The van der Waals surface area contributed by atoms with Gasteiger partial charge >= 0.3 is 0 Å². The third-order valence-electron chi connectivity index (χ3n) is 4.72. The van der Waals surface area contributed by atoms with E-state index in [1.54, 1.807) is 47.9 Å². The van der Waals surface area contributed by atoms with E-state index in [0.717, 1.165) is 6.42 Å². The lowest BCUT2D eigenvalue weighted by Crippen LogP contribution is -2.28. The number of hydrogen-bond acceptors (Lipinski definition) is 5. The SMILES string of the molecule is CC[C@@H](C)n1c(S[C@@H](C)C(=O)Nc2cccc(C#N)c2)nc2ccccc2c1=O. The largest absolute Gasteiger partial charge is 0.325 e. The van der Waals surface area contributed by atoms with Crippen LogP contribution in [0.1, 0.15) is 38.8 Å². The second kappa shape index (κ2) is 8.93. The highest BCUT2D eigenvalue weighted by Gasteiger charge is 2.21. The van der Waals surface area contributed by atoms with E-state index in [-0.39, 0.29) is 17.5 Å². The third-order valence-corrected chi connectivity index (χ3v) is 5.78. The molecule has 3 aromatic rings. The van der Waals surface area contributed by atoms with Gasteiger partial charge in [-0.15, -0.1) is 0 Å². The zero-order valence-corrected chi connectivity index (χ0v) is 17.4. The third kappa shape index (κ3) is 4.49. The van der Waals surface area contributed by atoms with E-state index in [1.807, 2.05) is 26.0 Å². The van der Waals surface area contributed by atoms with Crippen LogP contribution in [0.3, 0.4) is 0 Å². The van der Waals surface area contributed by atoms with Gasteiger partial charge in [0.25, 0.3) is 5.56 Å². The summed E-state index contributed by atoms with van der Waals surface area (Å²) >= 11 is 1.26. The molecular weight excluding hydrogens is 384 g/mol. The molecule has 2 aromatic carbocycles. The molecule has 1 N–H and O–H groups in total. The van der Waals surface area contributed by atoms with Crippen molar-refractivity contribution in [1.82, 2.24) is 9.55 Å². The van der Waals surface area contributed by atoms with Crippen molar-refractivity contribution < 1.29 is 4.79 Å². The van der Waals surface area contributed by atoms with Gasteiger partial charge in [0.1, 0.15) is 0 Å². The molecule has 6 nitrogen and oxygen atoms in total. The van der Waals surface area contributed by atoms with Gasteiger partial charge in [-0.25, -0.2) is 4.98 Å². The average molecular weight is 407 g/mol. The van der Waals surface area contributed by atoms with Gasteiger partial charge in [0.05, 0.1) is 27.8 Å². The first-order valence-corrected chi connectivity index (χ1v) is 10.3. The number of fused-ring (bicyclic) bond motifs is 1. The van der Waals surface area contributed by atoms with Crippen molar-refractivity contribution in [2.45, 2.75) is 43.6 Å². The van der Waals surface area contributed by atoms with Crippen LogP contribution in [0.25, 0.3) is 10.9 Å². The first-order valence-electron chi connectivity index (χ1n) is 9.43. The summed E-state index contributed by atoms with van der Waals surface area (Å²) in [5.41, 5.74) is 1.56. The van der Waals surface area contributed by atoms with Crippen molar-refractivity contribution in [1.29, 1.82) is 5.26 Å². The van der Waals surface area contributed by atoms with Gasteiger partial charge in [-0.3, -0.25) is 14.2 Å². The molecule has 0 aliphatic rings. The molecule has 1 aromatic heterocycles. The van der Waals surface area contributed by atoms with Crippen LogP contribution in [0.15, 0.2) is 58.5 Å². The second-order valence-corrected chi connectivity index (χ2v) is 8.09. The number of nitriles is 1. The van der Waals surface area contributed by atoms with E-state index in [9.17, 15) is 9.59 Å². The Morgan fingerprint density at radius 1 is 1.24 bits per heavy atom. The Morgan fingerprint density at radius 2 is 2.00 bits per heavy atom. The standard InChI is InChI=1S/C22H22N4O2S/c1-4-14(2)26-21(28)18-10-5-6-11-19(18)25-22(26)29-15(3)20(27)24-17-9-7-8-16(12-17)13-23/h5-12,14-15H,4H2,1-3H3,(H,24,27)/t14-,15+/m1/s1. The number of aromatic nitrogens is 2. The molecule has 0 saturated heterocycles. The Balaban J connectivity index is 1.90.